The fraction of sp³-hybridized carbons (Fsp3) is 0.115. The molecule has 164 valence electrons. The second-order valence-electron chi connectivity index (χ2n) is 8.07. The Hall–Kier alpha value is -3.03. The van der Waals surface area contributed by atoms with Crippen molar-refractivity contribution in [2.75, 3.05) is 0 Å². The smallest absolute Gasteiger partial charge is 0.274 e. The summed E-state index contributed by atoms with van der Waals surface area (Å²) < 4.78 is 1.85. The van der Waals surface area contributed by atoms with Crippen LogP contribution in [-0.4, -0.2) is 21.6 Å². The Bertz CT molecular complexity index is 1460. The van der Waals surface area contributed by atoms with Crippen LogP contribution >= 0.6 is 31.9 Å². The van der Waals surface area contributed by atoms with Crippen LogP contribution in [0.3, 0.4) is 0 Å². The predicted octanol–water partition coefficient (Wildman–Crippen LogP) is 6.35. The summed E-state index contributed by atoms with van der Waals surface area (Å²) in [4.78, 5) is 29.6. The zero-order valence-corrected chi connectivity index (χ0v) is 20.9. The van der Waals surface area contributed by atoms with Crippen LogP contribution < -0.4 is 5.56 Å². The third-order valence-corrected chi connectivity index (χ3v) is 6.83. The van der Waals surface area contributed by atoms with Crippen LogP contribution in [0.1, 0.15) is 39.5 Å². The first-order valence-corrected chi connectivity index (χ1v) is 12.0. The van der Waals surface area contributed by atoms with Crippen molar-refractivity contribution in [2.45, 2.75) is 19.4 Å². The minimum absolute atomic E-state index is 0.209. The zero-order valence-electron chi connectivity index (χ0n) is 17.7. The topological polar surface area (TPSA) is 65.5 Å². The number of aromatic amines is 1. The number of hydrogen-bond acceptors (Lipinski definition) is 3. The average molecular weight is 565 g/mol. The molecule has 0 bridgehead atoms. The number of carbonyl (C=O) groups is 1. The van der Waals surface area contributed by atoms with Gasteiger partial charge in [-0.1, -0.05) is 56.1 Å². The largest absolute Gasteiger partial charge is 0.322 e. The van der Waals surface area contributed by atoms with Crippen molar-refractivity contribution in [3.8, 4) is 0 Å². The lowest BCUT2D eigenvalue weighted by atomic mass is 9.97. The average Bonchev–Trinajstić information content (AvgIpc) is 3.24. The van der Waals surface area contributed by atoms with Crippen molar-refractivity contribution in [3.63, 3.8) is 0 Å². The van der Waals surface area contributed by atoms with Crippen LogP contribution in [0.15, 0.2) is 91.6 Å². The molecule has 1 amide bonds. The minimum atomic E-state index is -0.505. The van der Waals surface area contributed by atoms with Gasteiger partial charge in [-0.25, -0.2) is 5.01 Å². The number of benzene rings is 3. The number of hydrazone groups is 1. The van der Waals surface area contributed by atoms with Crippen molar-refractivity contribution >= 4 is 54.4 Å². The normalized spacial score (nSPS) is 15.7. The number of amides is 1. The van der Waals surface area contributed by atoms with E-state index in [2.05, 4.69) is 36.8 Å². The predicted molar refractivity (Wildman–Crippen MR) is 138 cm³/mol. The number of hydrogen-bond donors (Lipinski definition) is 1. The molecule has 2 heterocycles. The molecule has 7 heteroatoms. The molecule has 0 radical (unpaired) electrons. The molecule has 0 spiro atoms. The Labute approximate surface area is 207 Å². The Balaban J connectivity index is 1.60. The van der Waals surface area contributed by atoms with Gasteiger partial charge in [0, 0.05) is 32.0 Å². The zero-order chi connectivity index (χ0) is 23.1. The summed E-state index contributed by atoms with van der Waals surface area (Å²) >= 11 is 6.87. The molecule has 0 saturated carbocycles. The molecule has 0 aliphatic carbocycles. The second-order valence-corrected chi connectivity index (χ2v) is 9.91. The molecular weight excluding hydrogens is 546 g/mol. The van der Waals surface area contributed by atoms with Gasteiger partial charge in [0.15, 0.2) is 0 Å². The van der Waals surface area contributed by atoms with E-state index in [4.69, 9.17) is 5.10 Å². The Kier molecular flexibility index (Phi) is 5.76. The highest BCUT2D eigenvalue weighted by molar-refractivity contribution is 9.10. The fourth-order valence-electron chi connectivity index (χ4n) is 4.06. The second kappa shape index (κ2) is 8.72. The number of halogens is 2. The number of fused-ring (bicyclic) bond motifs is 1. The molecule has 0 saturated heterocycles. The van der Waals surface area contributed by atoms with E-state index in [9.17, 15) is 9.59 Å². The molecule has 3 aromatic carbocycles. The molecule has 1 aromatic heterocycles. The summed E-state index contributed by atoms with van der Waals surface area (Å²) in [7, 11) is 0. The number of pyridine rings is 1. The van der Waals surface area contributed by atoms with Gasteiger partial charge in [-0.2, -0.15) is 5.10 Å². The Morgan fingerprint density at radius 3 is 2.33 bits per heavy atom. The van der Waals surface area contributed by atoms with Crippen molar-refractivity contribution in [1.29, 1.82) is 0 Å². The Morgan fingerprint density at radius 1 is 0.970 bits per heavy atom. The van der Waals surface area contributed by atoms with Gasteiger partial charge < -0.3 is 4.98 Å². The molecule has 1 atom stereocenters. The number of H-pyrrole nitrogens is 1. The lowest BCUT2D eigenvalue weighted by Gasteiger charge is -2.22. The molecule has 1 N–H and O–H groups in total. The standard InChI is InChI=1S/C26H19Br2N3O2/c1-15-2-3-18-13-21(25(32)29-22(18)12-15)24-14-23(16-4-8-19(27)9-5-16)30-31(24)26(33)17-6-10-20(28)11-7-17/h2-13,24H,14H2,1H3,(H,29,32). The van der Waals surface area contributed by atoms with Crippen LogP contribution in [0.2, 0.25) is 0 Å². The summed E-state index contributed by atoms with van der Waals surface area (Å²) in [5, 5.41) is 7.07. The molecule has 0 fully saturated rings. The van der Waals surface area contributed by atoms with Crippen LogP contribution in [0.5, 0.6) is 0 Å². The number of aryl methyl sites for hydroxylation is 1. The van der Waals surface area contributed by atoms with E-state index in [1.165, 1.54) is 5.01 Å². The summed E-state index contributed by atoms with van der Waals surface area (Å²) in [6.45, 7) is 1.99. The molecule has 1 aliphatic rings. The van der Waals surface area contributed by atoms with Crippen molar-refractivity contribution < 1.29 is 4.79 Å². The highest BCUT2D eigenvalue weighted by Gasteiger charge is 2.35. The molecule has 5 rings (SSSR count). The van der Waals surface area contributed by atoms with Crippen molar-refractivity contribution in [3.05, 3.63) is 114 Å². The summed E-state index contributed by atoms with van der Waals surface area (Å²) in [5.41, 5.74) is 4.35. The monoisotopic (exact) mass is 563 g/mol. The van der Waals surface area contributed by atoms with Gasteiger partial charge >= 0.3 is 0 Å². The van der Waals surface area contributed by atoms with E-state index < -0.39 is 6.04 Å². The fourth-order valence-corrected chi connectivity index (χ4v) is 4.59. The molecule has 4 aromatic rings. The SMILES string of the molecule is Cc1ccc2cc(C3CC(c4ccc(Br)cc4)=NN3C(=O)c3ccc(Br)cc3)c(=O)[nH]c2c1. The van der Waals surface area contributed by atoms with Crippen LogP contribution in [0, 0.1) is 6.92 Å². The summed E-state index contributed by atoms with van der Waals surface area (Å²) in [6.07, 6.45) is 0.449. The van der Waals surface area contributed by atoms with Crippen molar-refractivity contribution in [1.82, 2.24) is 9.99 Å². The maximum absolute atomic E-state index is 13.5. The van der Waals surface area contributed by atoms with Crippen LogP contribution in [0.4, 0.5) is 0 Å². The van der Waals surface area contributed by atoms with Gasteiger partial charge in [0.25, 0.3) is 11.5 Å². The molecule has 1 unspecified atom stereocenters. The van der Waals surface area contributed by atoms with Gasteiger partial charge in [0.1, 0.15) is 0 Å². The van der Waals surface area contributed by atoms with E-state index in [1.54, 1.807) is 12.1 Å². The highest BCUT2D eigenvalue weighted by atomic mass is 79.9. The first-order valence-electron chi connectivity index (χ1n) is 10.5. The number of nitrogens with one attached hydrogen (secondary N) is 1. The highest BCUT2D eigenvalue weighted by Crippen LogP contribution is 2.34. The maximum atomic E-state index is 13.5. The number of aromatic nitrogens is 1. The molecule has 33 heavy (non-hydrogen) atoms. The lowest BCUT2D eigenvalue weighted by Crippen LogP contribution is -2.30. The first kappa shape index (κ1) is 21.8. The van der Waals surface area contributed by atoms with Gasteiger partial charge in [-0.15, -0.1) is 0 Å². The van der Waals surface area contributed by atoms with Gasteiger partial charge in [0.05, 0.1) is 11.8 Å². The quantitative estimate of drug-likeness (QED) is 0.315. The van der Waals surface area contributed by atoms with E-state index in [1.807, 2.05) is 67.6 Å². The van der Waals surface area contributed by atoms with Gasteiger partial charge in [-0.05, 0) is 72.0 Å². The molecular formula is C26H19Br2N3O2. The Morgan fingerprint density at radius 2 is 1.64 bits per heavy atom. The number of carbonyl (C=O) groups excluding carboxylic acids is 1. The third-order valence-electron chi connectivity index (χ3n) is 5.78. The van der Waals surface area contributed by atoms with Crippen LogP contribution in [-0.2, 0) is 0 Å². The summed E-state index contributed by atoms with van der Waals surface area (Å²) in [5.74, 6) is -0.247. The first-order chi connectivity index (χ1) is 15.9. The maximum Gasteiger partial charge on any atom is 0.274 e. The van der Waals surface area contributed by atoms with E-state index in [-0.39, 0.29) is 11.5 Å². The van der Waals surface area contributed by atoms with E-state index in [0.29, 0.717) is 17.5 Å². The number of nitrogens with zero attached hydrogens (tertiary/aromatic N) is 2. The third kappa shape index (κ3) is 4.30. The summed E-state index contributed by atoms with van der Waals surface area (Å²) in [6, 6.07) is 22.3. The molecule has 1 aliphatic heterocycles. The van der Waals surface area contributed by atoms with Gasteiger partial charge in [-0.3, -0.25) is 9.59 Å². The van der Waals surface area contributed by atoms with Crippen molar-refractivity contribution in [2.24, 2.45) is 5.10 Å². The van der Waals surface area contributed by atoms with E-state index in [0.717, 1.165) is 36.7 Å². The van der Waals surface area contributed by atoms with E-state index >= 15 is 0 Å². The lowest BCUT2D eigenvalue weighted by molar-refractivity contribution is 0.0710. The molecule has 5 nitrogen and oxygen atoms in total. The number of rotatable bonds is 3. The minimum Gasteiger partial charge on any atom is -0.322 e. The van der Waals surface area contributed by atoms with Gasteiger partial charge in [0.2, 0.25) is 0 Å². The van der Waals surface area contributed by atoms with Crippen LogP contribution in [0.25, 0.3) is 10.9 Å².